The number of hydrogen-bond donors (Lipinski definition) is 2. The summed E-state index contributed by atoms with van der Waals surface area (Å²) < 4.78 is 29.4. The highest BCUT2D eigenvalue weighted by atomic mass is 35.5. The largest absolute Gasteiger partial charge is 0.434 e. The van der Waals surface area contributed by atoms with Gasteiger partial charge in [0.25, 0.3) is 0 Å². The molecule has 2 N–H and O–H groups in total. The van der Waals surface area contributed by atoms with Gasteiger partial charge >= 0.3 is 6.61 Å². The van der Waals surface area contributed by atoms with Crippen LogP contribution in [-0.4, -0.2) is 25.6 Å². The maximum absolute atomic E-state index is 12.5. The van der Waals surface area contributed by atoms with Crippen molar-refractivity contribution in [2.45, 2.75) is 39.3 Å². The number of rotatable bonds is 5. The first-order valence-corrected chi connectivity index (χ1v) is 8.03. The molecule has 0 bridgehead atoms. The quantitative estimate of drug-likeness (QED) is 0.848. The Hall–Kier alpha value is -1.40. The Morgan fingerprint density at radius 3 is 2.79 bits per heavy atom. The summed E-state index contributed by atoms with van der Waals surface area (Å²) in [6.07, 6.45) is 3.01. The molecule has 1 aliphatic heterocycles. The molecule has 7 heteroatoms. The lowest BCUT2D eigenvalue weighted by Gasteiger charge is -2.23. The van der Waals surface area contributed by atoms with Crippen molar-refractivity contribution >= 4 is 18.3 Å². The van der Waals surface area contributed by atoms with Crippen LogP contribution in [0.3, 0.4) is 0 Å². The summed E-state index contributed by atoms with van der Waals surface area (Å²) in [5.41, 5.74) is 1.69. The second-order valence-corrected chi connectivity index (χ2v) is 6.58. The van der Waals surface area contributed by atoms with E-state index in [9.17, 15) is 13.6 Å². The zero-order chi connectivity index (χ0) is 16.4. The van der Waals surface area contributed by atoms with Gasteiger partial charge in [0.1, 0.15) is 5.75 Å². The average Bonchev–Trinajstić information content (AvgIpc) is 3.20. The first-order valence-electron chi connectivity index (χ1n) is 8.03. The van der Waals surface area contributed by atoms with Crippen molar-refractivity contribution in [3.8, 4) is 5.75 Å². The highest BCUT2D eigenvalue weighted by Crippen LogP contribution is 2.58. The smallest absolute Gasteiger partial charge is 0.387 e. The number of ether oxygens (including phenoxy) is 1. The van der Waals surface area contributed by atoms with Crippen LogP contribution in [0.2, 0.25) is 0 Å². The third-order valence-corrected chi connectivity index (χ3v) is 4.99. The van der Waals surface area contributed by atoms with Crippen LogP contribution >= 0.6 is 12.4 Å². The Balaban J connectivity index is 0.00000208. The van der Waals surface area contributed by atoms with Crippen molar-refractivity contribution in [2.24, 2.45) is 11.3 Å². The molecule has 1 aromatic carbocycles. The highest BCUT2D eigenvalue weighted by Gasteiger charge is 2.57. The minimum Gasteiger partial charge on any atom is -0.434 e. The maximum Gasteiger partial charge on any atom is 0.387 e. The minimum atomic E-state index is -2.87. The van der Waals surface area contributed by atoms with E-state index in [1.807, 2.05) is 6.92 Å². The van der Waals surface area contributed by atoms with Gasteiger partial charge in [-0.3, -0.25) is 4.79 Å². The molecular formula is C17H23ClF2N2O2. The van der Waals surface area contributed by atoms with E-state index in [2.05, 4.69) is 15.4 Å². The van der Waals surface area contributed by atoms with Crippen LogP contribution in [0.5, 0.6) is 5.75 Å². The number of halogens is 3. The van der Waals surface area contributed by atoms with E-state index in [0.717, 1.165) is 37.9 Å². The summed E-state index contributed by atoms with van der Waals surface area (Å²) in [6.45, 7) is 1.16. The third-order valence-electron chi connectivity index (χ3n) is 4.99. The van der Waals surface area contributed by atoms with E-state index < -0.39 is 6.61 Å². The summed E-state index contributed by atoms with van der Waals surface area (Å²) in [7, 11) is 0. The normalized spacial score (nSPS) is 21.2. The SMILES string of the molecule is Cc1ccc(OC(F)F)c(CNC(=O)C2CC23CCNCC3)c1.Cl. The van der Waals surface area contributed by atoms with Gasteiger partial charge in [0.15, 0.2) is 0 Å². The maximum atomic E-state index is 12.5. The molecule has 0 aromatic heterocycles. The molecule has 134 valence electrons. The number of alkyl halides is 2. The van der Waals surface area contributed by atoms with Crippen LogP contribution in [0.1, 0.15) is 30.4 Å². The minimum absolute atomic E-state index is 0. The molecule has 1 unspecified atom stereocenters. The molecule has 1 saturated heterocycles. The van der Waals surface area contributed by atoms with Gasteiger partial charge in [0, 0.05) is 18.0 Å². The van der Waals surface area contributed by atoms with E-state index in [1.54, 1.807) is 12.1 Å². The predicted octanol–water partition coefficient (Wildman–Crippen LogP) is 3.02. The molecule has 1 saturated carbocycles. The molecule has 2 aliphatic rings. The van der Waals surface area contributed by atoms with Crippen LogP contribution < -0.4 is 15.4 Å². The van der Waals surface area contributed by atoms with Crippen molar-refractivity contribution in [3.63, 3.8) is 0 Å². The van der Waals surface area contributed by atoms with Crippen molar-refractivity contribution in [2.75, 3.05) is 13.1 Å². The molecule has 3 rings (SSSR count). The molecule has 1 aliphatic carbocycles. The topological polar surface area (TPSA) is 50.4 Å². The fourth-order valence-corrected chi connectivity index (χ4v) is 3.56. The van der Waals surface area contributed by atoms with Gasteiger partial charge in [-0.2, -0.15) is 8.78 Å². The number of carbonyl (C=O) groups excluding carboxylic acids is 1. The number of carbonyl (C=O) groups is 1. The summed E-state index contributed by atoms with van der Waals surface area (Å²) in [6, 6.07) is 5.01. The molecule has 1 atom stereocenters. The lowest BCUT2D eigenvalue weighted by Crippen LogP contribution is -2.33. The number of amides is 1. The second kappa shape index (κ2) is 7.66. The third kappa shape index (κ3) is 4.16. The molecule has 2 fully saturated rings. The molecule has 1 spiro atoms. The first-order chi connectivity index (χ1) is 11.0. The van der Waals surface area contributed by atoms with Crippen LogP contribution in [0.25, 0.3) is 0 Å². The number of benzene rings is 1. The Bertz CT molecular complexity index is 592. The molecule has 4 nitrogen and oxygen atoms in total. The van der Waals surface area contributed by atoms with Crippen LogP contribution in [0, 0.1) is 18.3 Å². The fraction of sp³-hybridized carbons (Fsp3) is 0.588. The summed E-state index contributed by atoms with van der Waals surface area (Å²) in [4.78, 5) is 12.4. The van der Waals surface area contributed by atoms with Crippen molar-refractivity contribution in [1.82, 2.24) is 10.6 Å². The molecule has 1 aromatic rings. The van der Waals surface area contributed by atoms with E-state index in [0.29, 0.717) is 5.56 Å². The molecule has 1 amide bonds. The van der Waals surface area contributed by atoms with Gasteiger partial charge in [-0.15, -0.1) is 12.4 Å². The lowest BCUT2D eigenvalue weighted by atomic mass is 9.92. The zero-order valence-electron chi connectivity index (χ0n) is 13.6. The lowest BCUT2D eigenvalue weighted by molar-refractivity contribution is -0.123. The summed E-state index contributed by atoms with van der Waals surface area (Å²) >= 11 is 0. The van der Waals surface area contributed by atoms with Gasteiger partial charge in [-0.1, -0.05) is 17.7 Å². The standard InChI is InChI=1S/C17H22F2N2O2.ClH/c1-11-2-3-14(23-16(18)19)12(8-11)10-21-15(22)13-9-17(13)4-6-20-7-5-17;/h2-3,8,13,16,20H,4-7,9-10H2,1H3,(H,21,22);1H. The highest BCUT2D eigenvalue weighted by molar-refractivity contribution is 5.85. The van der Waals surface area contributed by atoms with E-state index in [4.69, 9.17) is 0 Å². The number of aryl methyl sites for hydroxylation is 1. The van der Waals surface area contributed by atoms with Crippen molar-refractivity contribution in [1.29, 1.82) is 0 Å². The van der Waals surface area contributed by atoms with Crippen molar-refractivity contribution in [3.05, 3.63) is 29.3 Å². The van der Waals surface area contributed by atoms with Gasteiger partial charge in [0.2, 0.25) is 5.91 Å². The molecule has 24 heavy (non-hydrogen) atoms. The predicted molar refractivity (Wildman–Crippen MR) is 89.5 cm³/mol. The fourth-order valence-electron chi connectivity index (χ4n) is 3.56. The number of nitrogens with one attached hydrogen (secondary N) is 2. The Morgan fingerprint density at radius 1 is 1.42 bits per heavy atom. The van der Waals surface area contributed by atoms with E-state index in [-0.39, 0.29) is 41.9 Å². The van der Waals surface area contributed by atoms with E-state index >= 15 is 0 Å². The van der Waals surface area contributed by atoms with Crippen LogP contribution in [0.15, 0.2) is 18.2 Å². The first kappa shape index (κ1) is 18.9. The Morgan fingerprint density at radius 2 is 2.12 bits per heavy atom. The molecular weight excluding hydrogens is 338 g/mol. The molecule has 1 heterocycles. The summed E-state index contributed by atoms with van der Waals surface area (Å²) in [5.74, 6) is 0.212. The number of piperidine rings is 1. The summed E-state index contributed by atoms with van der Waals surface area (Å²) in [5, 5.41) is 6.20. The van der Waals surface area contributed by atoms with Crippen LogP contribution in [-0.2, 0) is 11.3 Å². The van der Waals surface area contributed by atoms with Gasteiger partial charge < -0.3 is 15.4 Å². The zero-order valence-corrected chi connectivity index (χ0v) is 14.4. The average molecular weight is 361 g/mol. The Kier molecular flexibility index (Phi) is 6.04. The second-order valence-electron chi connectivity index (χ2n) is 6.58. The van der Waals surface area contributed by atoms with E-state index in [1.165, 1.54) is 6.07 Å². The Labute approximate surface area is 146 Å². The van der Waals surface area contributed by atoms with Gasteiger partial charge in [0.05, 0.1) is 0 Å². The van der Waals surface area contributed by atoms with Crippen LogP contribution in [0.4, 0.5) is 8.78 Å². The van der Waals surface area contributed by atoms with Crippen molar-refractivity contribution < 1.29 is 18.3 Å². The number of hydrogen-bond acceptors (Lipinski definition) is 3. The van der Waals surface area contributed by atoms with Gasteiger partial charge in [-0.25, -0.2) is 0 Å². The van der Waals surface area contributed by atoms with Gasteiger partial charge in [-0.05, 0) is 50.8 Å². The monoisotopic (exact) mass is 360 g/mol. The molecule has 0 radical (unpaired) electrons.